The Morgan fingerprint density at radius 3 is 1.44 bits per heavy atom. The molecule has 0 fully saturated rings. The molecule has 0 aromatic heterocycles. The first-order chi connectivity index (χ1) is 16.0. The molecule has 2 rings (SSSR count). The van der Waals surface area contributed by atoms with Crippen LogP contribution in [0.4, 0.5) is 9.59 Å². The lowest BCUT2D eigenvalue weighted by Crippen LogP contribution is -2.39. The first-order valence-corrected chi connectivity index (χ1v) is 13.5. The van der Waals surface area contributed by atoms with Gasteiger partial charge in [-0.3, -0.25) is 0 Å². The molecule has 34 heavy (non-hydrogen) atoms. The molecular weight excluding hydrogens is 527 g/mol. The minimum atomic E-state index is -4.04. The topological polar surface area (TPSA) is 151 Å². The van der Waals surface area contributed by atoms with Crippen molar-refractivity contribution < 1.29 is 26.4 Å². The normalized spacial score (nSPS) is 11.7. The zero-order valence-corrected chi connectivity index (χ0v) is 20.8. The Balaban J connectivity index is 1.64. The Morgan fingerprint density at radius 1 is 0.706 bits per heavy atom. The van der Waals surface area contributed by atoms with Crippen molar-refractivity contribution in [1.82, 2.24) is 20.1 Å². The van der Waals surface area contributed by atoms with Gasteiger partial charge in [-0.25, -0.2) is 35.9 Å². The van der Waals surface area contributed by atoms with Gasteiger partial charge in [-0.1, -0.05) is 47.5 Å². The van der Waals surface area contributed by atoms with Crippen molar-refractivity contribution in [3.63, 3.8) is 0 Å². The maximum atomic E-state index is 12.1. The van der Waals surface area contributed by atoms with Gasteiger partial charge in [0.1, 0.15) is 0 Å². The van der Waals surface area contributed by atoms with Crippen LogP contribution in [0.2, 0.25) is 10.0 Å². The lowest BCUT2D eigenvalue weighted by Gasteiger charge is -2.08. The molecule has 14 heteroatoms. The number of sulfonamides is 2. The van der Waals surface area contributed by atoms with E-state index >= 15 is 0 Å². The van der Waals surface area contributed by atoms with Crippen LogP contribution in [0.5, 0.6) is 0 Å². The van der Waals surface area contributed by atoms with Crippen LogP contribution in [0.1, 0.15) is 12.8 Å². The van der Waals surface area contributed by atoms with Crippen molar-refractivity contribution in [2.75, 3.05) is 13.1 Å². The number of hydrogen-bond donors (Lipinski definition) is 4. The van der Waals surface area contributed by atoms with E-state index in [1.165, 1.54) is 48.5 Å². The van der Waals surface area contributed by atoms with Gasteiger partial charge in [-0.2, -0.15) is 0 Å². The molecule has 184 valence electrons. The van der Waals surface area contributed by atoms with Gasteiger partial charge in [0.05, 0.1) is 9.79 Å². The Labute approximate surface area is 207 Å². The van der Waals surface area contributed by atoms with E-state index in [0.717, 1.165) is 0 Å². The molecule has 0 aliphatic carbocycles. The number of benzene rings is 2. The van der Waals surface area contributed by atoms with E-state index < -0.39 is 32.1 Å². The highest BCUT2D eigenvalue weighted by Gasteiger charge is 2.18. The van der Waals surface area contributed by atoms with Crippen molar-refractivity contribution in [1.29, 1.82) is 0 Å². The van der Waals surface area contributed by atoms with E-state index in [0.29, 0.717) is 12.8 Å². The van der Waals surface area contributed by atoms with Crippen LogP contribution in [0.15, 0.2) is 70.5 Å². The number of carbonyl (C=O) groups is 2. The fourth-order valence-electron chi connectivity index (χ4n) is 2.48. The van der Waals surface area contributed by atoms with Gasteiger partial charge >= 0.3 is 12.1 Å². The third-order valence-corrected chi connectivity index (χ3v) is 7.15. The average Bonchev–Trinajstić information content (AvgIpc) is 2.75. The number of urea groups is 2. The maximum Gasteiger partial charge on any atom is 0.328 e. The molecule has 0 aliphatic heterocycles. The van der Waals surface area contributed by atoms with Crippen LogP contribution in [-0.2, 0) is 20.0 Å². The SMILES string of the molecule is O=C(NCCC=CCCNC(=O)NS(=O)(=O)c1cccc(Cl)c1)NS(=O)(=O)c1cccc(Cl)c1. The Hall–Kier alpha value is -2.80. The van der Waals surface area contributed by atoms with E-state index in [2.05, 4.69) is 10.6 Å². The van der Waals surface area contributed by atoms with E-state index in [4.69, 9.17) is 23.2 Å². The fourth-order valence-corrected chi connectivity index (χ4v) is 4.93. The molecule has 0 spiro atoms. The zero-order chi connectivity index (χ0) is 25.2. The van der Waals surface area contributed by atoms with Crippen LogP contribution < -0.4 is 20.1 Å². The van der Waals surface area contributed by atoms with Crippen LogP contribution in [0, 0.1) is 0 Å². The van der Waals surface area contributed by atoms with E-state index in [1.807, 2.05) is 9.44 Å². The van der Waals surface area contributed by atoms with Crippen molar-refractivity contribution >= 4 is 55.3 Å². The molecule has 0 saturated carbocycles. The number of halogens is 2. The average molecular weight is 549 g/mol. The summed E-state index contributed by atoms with van der Waals surface area (Å²) in [7, 11) is -8.08. The predicted octanol–water partition coefficient (Wildman–Crippen LogP) is 3.01. The first-order valence-electron chi connectivity index (χ1n) is 9.77. The fraction of sp³-hybridized carbons (Fsp3) is 0.200. The molecule has 2 aromatic carbocycles. The largest absolute Gasteiger partial charge is 0.337 e. The summed E-state index contributed by atoms with van der Waals surface area (Å²) in [5.41, 5.74) is 0. The third-order valence-electron chi connectivity index (χ3n) is 4.03. The predicted molar refractivity (Wildman–Crippen MR) is 129 cm³/mol. The summed E-state index contributed by atoms with van der Waals surface area (Å²) in [5, 5.41) is 5.27. The second-order valence-corrected chi connectivity index (χ2v) is 10.9. The van der Waals surface area contributed by atoms with Crippen molar-refractivity contribution in [2.24, 2.45) is 0 Å². The van der Waals surface area contributed by atoms with E-state index in [9.17, 15) is 26.4 Å². The van der Waals surface area contributed by atoms with Crippen LogP contribution in [0.3, 0.4) is 0 Å². The van der Waals surface area contributed by atoms with Crippen molar-refractivity contribution in [3.8, 4) is 0 Å². The quantitative estimate of drug-likeness (QED) is 0.264. The highest BCUT2D eigenvalue weighted by molar-refractivity contribution is 7.90. The standard InChI is InChI=1S/C20H22Cl2N4O6S2/c21-15-7-5-9-17(13-15)33(29,30)25-19(27)23-11-3-1-2-4-12-24-20(28)26-34(31,32)18-10-6-8-16(22)14-18/h1-2,5-10,13-14H,3-4,11-12H2,(H2,23,25,27)(H2,24,26,28). The Bertz CT molecular complexity index is 1170. The molecule has 0 atom stereocenters. The number of nitrogens with one attached hydrogen (secondary N) is 4. The number of carbonyl (C=O) groups excluding carboxylic acids is 2. The smallest absolute Gasteiger partial charge is 0.328 e. The Morgan fingerprint density at radius 2 is 1.09 bits per heavy atom. The second kappa shape index (κ2) is 12.6. The molecule has 0 aliphatic rings. The van der Waals surface area contributed by atoms with Crippen LogP contribution in [-0.4, -0.2) is 42.0 Å². The monoisotopic (exact) mass is 548 g/mol. The molecule has 2 aromatic rings. The molecule has 0 saturated heterocycles. The van der Waals surface area contributed by atoms with Crippen LogP contribution >= 0.6 is 23.2 Å². The molecule has 10 nitrogen and oxygen atoms in total. The van der Waals surface area contributed by atoms with E-state index in [-0.39, 0.29) is 32.9 Å². The third kappa shape index (κ3) is 9.21. The van der Waals surface area contributed by atoms with Gasteiger partial charge in [-0.15, -0.1) is 0 Å². The van der Waals surface area contributed by atoms with Crippen molar-refractivity contribution in [3.05, 3.63) is 70.7 Å². The highest BCUT2D eigenvalue weighted by atomic mass is 35.5. The number of amides is 4. The summed E-state index contributed by atoms with van der Waals surface area (Å²) in [6.07, 6.45) is 4.24. The Kier molecular flexibility index (Phi) is 10.2. The summed E-state index contributed by atoms with van der Waals surface area (Å²) < 4.78 is 52.2. The summed E-state index contributed by atoms with van der Waals surface area (Å²) in [6.45, 7) is 0.332. The van der Waals surface area contributed by atoms with Gasteiger partial charge in [0, 0.05) is 23.1 Å². The molecule has 0 heterocycles. The number of rotatable bonds is 10. The molecule has 0 radical (unpaired) electrons. The summed E-state index contributed by atoms with van der Waals surface area (Å²) in [5.74, 6) is 0. The van der Waals surface area contributed by atoms with Gasteiger partial charge in [0.25, 0.3) is 20.0 Å². The lowest BCUT2D eigenvalue weighted by atomic mass is 10.3. The van der Waals surface area contributed by atoms with Crippen LogP contribution in [0.25, 0.3) is 0 Å². The lowest BCUT2D eigenvalue weighted by molar-refractivity contribution is 0.245. The molecular formula is C20H22Cl2N4O6S2. The molecule has 4 N–H and O–H groups in total. The minimum absolute atomic E-state index is 0.132. The molecule has 0 unspecified atom stereocenters. The summed E-state index contributed by atoms with van der Waals surface area (Å²) in [4.78, 5) is 23.3. The number of hydrogen-bond acceptors (Lipinski definition) is 6. The van der Waals surface area contributed by atoms with Crippen molar-refractivity contribution in [2.45, 2.75) is 22.6 Å². The maximum absolute atomic E-state index is 12.1. The van der Waals surface area contributed by atoms with Gasteiger partial charge < -0.3 is 10.6 Å². The summed E-state index contributed by atoms with van der Waals surface area (Å²) in [6, 6.07) is 9.24. The summed E-state index contributed by atoms with van der Waals surface area (Å²) >= 11 is 11.5. The minimum Gasteiger partial charge on any atom is -0.337 e. The van der Waals surface area contributed by atoms with Gasteiger partial charge in [0.2, 0.25) is 0 Å². The zero-order valence-electron chi connectivity index (χ0n) is 17.6. The van der Waals surface area contributed by atoms with Gasteiger partial charge in [0.15, 0.2) is 0 Å². The van der Waals surface area contributed by atoms with Gasteiger partial charge in [-0.05, 0) is 49.2 Å². The molecule has 0 bridgehead atoms. The van der Waals surface area contributed by atoms with E-state index in [1.54, 1.807) is 12.2 Å². The first kappa shape index (κ1) is 27.4. The highest BCUT2D eigenvalue weighted by Crippen LogP contribution is 2.16. The molecule has 4 amide bonds. The second-order valence-electron chi connectivity index (χ2n) is 6.69.